The highest BCUT2D eigenvalue weighted by atomic mass is 35.5. The van der Waals surface area contributed by atoms with Gasteiger partial charge < -0.3 is 5.11 Å². The highest BCUT2D eigenvalue weighted by Crippen LogP contribution is 2.30. The molecule has 0 radical (unpaired) electrons. The number of hydrogen-bond donors (Lipinski definition) is 1. The Kier molecular flexibility index (Phi) is 2.97. The van der Waals surface area contributed by atoms with Crippen molar-refractivity contribution in [3.05, 3.63) is 39.4 Å². The van der Waals surface area contributed by atoms with Gasteiger partial charge in [-0.25, -0.2) is 9.78 Å². The van der Waals surface area contributed by atoms with Crippen molar-refractivity contribution in [3.63, 3.8) is 0 Å². The number of rotatable bonds is 0. The van der Waals surface area contributed by atoms with Crippen molar-refractivity contribution in [2.75, 3.05) is 0 Å². The Morgan fingerprint density at radius 3 is 2.53 bits per heavy atom. The first-order valence-corrected chi connectivity index (χ1v) is 5.12. The molecular weight excluding hydrogens is 289 g/mol. The van der Waals surface area contributed by atoms with Crippen LogP contribution in [0, 0.1) is 0 Å². The van der Waals surface area contributed by atoms with Crippen LogP contribution < -0.4 is 5.56 Å². The van der Waals surface area contributed by atoms with Crippen molar-refractivity contribution < 1.29 is 23.1 Å². The summed E-state index contributed by atoms with van der Waals surface area (Å²) in [5, 5.41) is 7.77. The third-order valence-electron chi connectivity index (χ3n) is 2.35. The minimum absolute atomic E-state index is 0.150. The molecule has 0 amide bonds. The molecule has 0 spiro atoms. The van der Waals surface area contributed by atoms with Gasteiger partial charge in [0.15, 0.2) is 0 Å². The average molecular weight is 293 g/mol. The summed E-state index contributed by atoms with van der Waals surface area (Å²) in [7, 11) is 0. The van der Waals surface area contributed by atoms with E-state index < -0.39 is 28.7 Å². The molecule has 5 nitrogen and oxygen atoms in total. The monoisotopic (exact) mass is 292 g/mol. The van der Waals surface area contributed by atoms with Crippen LogP contribution >= 0.6 is 11.6 Å². The van der Waals surface area contributed by atoms with Crippen LogP contribution in [0.3, 0.4) is 0 Å². The number of aromatic nitrogens is 2. The molecule has 19 heavy (non-hydrogen) atoms. The van der Waals surface area contributed by atoms with Crippen molar-refractivity contribution in [3.8, 4) is 0 Å². The van der Waals surface area contributed by atoms with Gasteiger partial charge in [0.05, 0.1) is 16.5 Å². The van der Waals surface area contributed by atoms with Gasteiger partial charge in [0.2, 0.25) is 5.28 Å². The zero-order valence-electron chi connectivity index (χ0n) is 8.90. The van der Waals surface area contributed by atoms with Crippen LogP contribution in [0.4, 0.5) is 18.0 Å². The van der Waals surface area contributed by atoms with E-state index in [2.05, 4.69) is 4.98 Å². The molecular formula is C10H4ClF3N2O3. The molecule has 0 aliphatic heterocycles. The molecule has 1 heterocycles. The third kappa shape index (κ3) is 2.26. The topological polar surface area (TPSA) is 72.2 Å². The number of benzene rings is 1. The molecule has 2 aromatic rings. The van der Waals surface area contributed by atoms with Gasteiger partial charge >= 0.3 is 12.3 Å². The minimum atomic E-state index is -4.59. The zero-order valence-corrected chi connectivity index (χ0v) is 9.66. The first-order chi connectivity index (χ1) is 8.71. The standard InChI is InChI=1S/C10H4ClF3N2O3/c11-8-15-6-3-4(10(12,13)14)1-2-5(6)7(17)16(8)9(18)19/h1-3H,(H,18,19). The first kappa shape index (κ1) is 13.3. The summed E-state index contributed by atoms with van der Waals surface area (Å²) in [6.07, 6.45) is -6.26. The average Bonchev–Trinajstić information content (AvgIpc) is 2.26. The van der Waals surface area contributed by atoms with Gasteiger partial charge in [0.25, 0.3) is 5.56 Å². The molecule has 1 aromatic heterocycles. The van der Waals surface area contributed by atoms with Gasteiger partial charge in [-0.2, -0.15) is 17.7 Å². The second-order valence-corrected chi connectivity index (χ2v) is 3.87. The predicted molar refractivity (Wildman–Crippen MR) is 59.4 cm³/mol. The lowest BCUT2D eigenvalue weighted by atomic mass is 10.1. The highest BCUT2D eigenvalue weighted by molar-refractivity contribution is 6.29. The Morgan fingerprint density at radius 1 is 1.37 bits per heavy atom. The summed E-state index contributed by atoms with van der Waals surface area (Å²) in [6.45, 7) is 0. The van der Waals surface area contributed by atoms with Crippen LogP contribution in [-0.2, 0) is 6.18 Å². The number of alkyl halides is 3. The van der Waals surface area contributed by atoms with Crippen LogP contribution in [-0.4, -0.2) is 20.8 Å². The fraction of sp³-hybridized carbons (Fsp3) is 0.100. The van der Waals surface area contributed by atoms with E-state index >= 15 is 0 Å². The molecule has 2 rings (SSSR count). The van der Waals surface area contributed by atoms with Crippen LogP contribution in [0.15, 0.2) is 23.0 Å². The van der Waals surface area contributed by atoms with E-state index in [1.165, 1.54) is 0 Å². The molecule has 0 bridgehead atoms. The summed E-state index contributed by atoms with van der Waals surface area (Å²) in [5.74, 6) is 0. The maximum absolute atomic E-state index is 12.5. The smallest absolute Gasteiger partial charge is 0.421 e. The molecule has 1 N–H and O–H groups in total. The van der Waals surface area contributed by atoms with Crippen LogP contribution in [0.2, 0.25) is 5.28 Å². The molecule has 9 heteroatoms. The maximum Gasteiger partial charge on any atom is 0.421 e. The van der Waals surface area contributed by atoms with Gasteiger partial charge in [-0.3, -0.25) is 4.79 Å². The Bertz CT molecular complexity index is 739. The first-order valence-electron chi connectivity index (χ1n) is 4.74. The van der Waals surface area contributed by atoms with Crippen molar-refractivity contribution in [2.24, 2.45) is 0 Å². The van der Waals surface area contributed by atoms with Crippen molar-refractivity contribution >= 4 is 28.6 Å². The fourth-order valence-electron chi connectivity index (χ4n) is 1.50. The summed E-state index contributed by atoms with van der Waals surface area (Å²) in [4.78, 5) is 26.0. The second kappa shape index (κ2) is 4.23. The zero-order chi connectivity index (χ0) is 14.4. The minimum Gasteiger partial charge on any atom is -0.464 e. The summed E-state index contributed by atoms with van der Waals surface area (Å²) < 4.78 is 37.6. The molecule has 0 saturated heterocycles. The van der Waals surface area contributed by atoms with Crippen LogP contribution in [0.5, 0.6) is 0 Å². The Hall–Kier alpha value is -2.09. The SMILES string of the molecule is O=C(O)n1c(Cl)nc2cc(C(F)(F)F)ccc2c1=O. The van der Waals surface area contributed by atoms with Crippen molar-refractivity contribution in [1.29, 1.82) is 0 Å². The van der Waals surface area contributed by atoms with Crippen molar-refractivity contribution in [1.82, 2.24) is 9.55 Å². The van der Waals surface area contributed by atoms with E-state index in [1.807, 2.05) is 0 Å². The van der Waals surface area contributed by atoms with Gasteiger partial charge in [0, 0.05) is 0 Å². The fourth-order valence-corrected chi connectivity index (χ4v) is 1.74. The van der Waals surface area contributed by atoms with E-state index in [-0.39, 0.29) is 15.5 Å². The Labute approximate surface area is 107 Å². The predicted octanol–water partition coefficient (Wildman–Crippen LogP) is 2.59. The molecule has 1 aromatic carbocycles. The van der Waals surface area contributed by atoms with E-state index in [9.17, 15) is 22.8 Å². The number of fused-ring (bicyclic) bond motifs is 1. The summed E-state index contributed by atoms with van der Waals surface area (Å²) >= 11 is 5.46. The highest BCUT2D eigenvalue weighted by Gasteiger charge is 2.31. The van der Waals surface area contributed by atoms with E-state index in [0.29, 0.717) is 12.1 Å². The van der Waals surface area contributed by atoms with E-state index in [4.69, 9.17) is 16.7 Å². The normalized spacial score (nSPS) is 11.8. The number of carbonyl (C=O) groups is 1. The molecule has 100 valence electrons. The molecule has 0 aliphatic carbocycles. The lowest BCUT2D eigenvalue weighted by Gasteiger charge is -2.08. The largest absolute Gasteiger partial charge is 0.464 e. The van der Waals surface area contributed by atoms with Gasteiger partial charge in [-0.15, -0.1) is 0 Å². The Morgan fingerprint density at radius 2 is 2.00 bits per heavy atom. The van der Waals surface area contributed by atoms with Gasteiger partial charge in [-0.05, 0) is 29.8 Å². The van der Waals surface area contributed by atoms with Crippen LogP contribution in [0.1, 0.15) is 5.56 Å². The summed E-state index contributed by atoms with van der Waals surface area (Å²) in [5.41, 5.74) is -2.37. The third-order valence-corrected chi connectivity index (χ3v) is 2.60. The molecule has 0 saturated carbocycles. The molecule has 0 aliphatic rings. The maximum atomic E-state index is 12.5. The second-order valence-electron chi connectivity index (χ2n) is 3.53. The number of hydrogen-bond acceptors (Lipinski definition) is 3. The van der Waals surface area contributed by atoms with E-state index in [1.54, 1.807) is 0 Å². The number of nitrogens with zero attached hydrogens (tertiary/aromatic N) is 2. The summed E-state index contributed by atoms with van der Waals surface area (Å²) in [6, 6.07) is 2.17. The molecule has 0 fully saturated rings. The van der Waals surface area contributed by atoms with Crippen LogP contribution in [0.25, 0.3) is 10.9 Å². The van der Waals surface area contributed by atoms with Gasteiger partial charge in [-0.1, -0.05) is 0 Å². The number of carboxylic acid groups (broad SMARTS) is 1. The molecule has 0 unspecified atom stereocenters. The number of halogens is 4. The lowest BCUT2D eigenvalue weighted by molar-refractivity contribution is -0.137. The van der Waals surface area contributed by atoms with Gasteiger partial charge in [0.1, 0.15) is 0 Å². The lowest BCUT2D eigenvalue weighted by Crippen LogP contribution is -2.27. The quantitative estimate of drug-likeness (QED) is 0.758. The van der Waals surface area contributed by atoms with E-state index in [0.717, 1.165) is 6.07 Å². The van der Waals surface area contributed by atoms with Crippen molar-refractivity contribution in [2.45, 2.75) is 6.18 Å². The molecule has 0 atom stereocenters. The Balaban J connectivity index is 2.82.